The molecule has 0 spiro atoms. The molecular weight excluding hydrogens is 448 g/mol. The molecule has 10 heteroatoms. The van der Waals surface area contributed by atoms with Crippen LogP contribution in [0.4, 0.5) is 0 Å². The number of aryl methyl sites for hydroxylation is 1. The van der Waals surface area contributed by atoms with Gasteiger partial charge < -0.3 is 49.2 Å². The Balaban J connectivity index is 1.66. The van der Waals surface area contributed by atoms with Crippen molar-refractivity contribution in [1.82, 2.24) is 0 Å². The minimum Gasteiger partial charge on any atom is -0.504 e. The predicted octanol–water partition coefficient (Wildman–Crippen LogP) is 1.32. The van der Waals surface area contributed by atoms with E-state index in [1.165, 1.54) is 20.3 Å². The van der Waals surface area contributed by atoms with Crippen LogP contribution in [0.5, 0.6) is 23.0 Å². The minimum atomic E-state index is -1.44. The average molecular weight is 478 g/mol. The van der Waals surface area contributed by atoms with Gasteiger partial charge in [-0.05, 0) is 42.2 Å². The van der Waals surface area contributed by atoms with Gasteiger partial charge in [0.2, 0.25) is 0 Å². The number of fused-ring (bicyclic) bond motifs is 1. The summed E-state index contributed by atoms with van der Waals surface area (Å²) >= 11 is 0. The first kappa shape index (κ1) is 24.5. The Morgan fingerprint density at radius 3 is 2.53 bits per heavy atom. The Bertz CT molecular complexity index is 996. The molecule has 2 aliphatic heterocycles. The molecule has 2 aliphatic rings. The number of phenolic OH excluding ortho intramolecular Hbond substituents is 2. The first-order valence-corrected chi connectivity index (χ1v) is 11.0. The zero-order valence-electron chi connectivity index (χ0n) is 19.0. The van der Waals surface area contributed by atoms with Crippen LogP contribution in [-0.4, -0.2) is 77.8 Å². The molecule has 1 saturated heterocycles. The number of rotatable bonds is 9. The Morgan fingerprint density at radius 2 is 1.82 bits per heavy atom. The molecule has 2 aromatic carbocycles. The summed E-state index contributed by atoms with van der Waals surface area (Å²) in [6.07, 6.45) is -4.07. The summed E-state index contributed by atoms with van der Waals surface area (Å²) in [5, 5.41) is 49.8. The quantitative estimate of drug-likeness (QED) is 0.357. The maximum Gasteiger partial charge on any atom is 0.189 e. The Kier molecular flexibility index (Phi) is 7.46. The topological polar surface area (TPSA) is 147 Å². The SMILES string of the molecule is COc1cc(C2Oc3c(O)cc(CCCO)cc3C2COC2OC(O)C(O)C2OC)ccc1O. The molecule has 5 N–H and O–H groups in total. The molecular formula is C24H30O10. The number of aliphatic hydroxyl groups excluding tert-OH is 3. The Hall–Kier alpha value is -2.60. The van der Waals surface area contributed by atoms with Crippen molar-refractivity contribution in [2.45, 2.75) is 49.7 Å². The molecule has 0 amide bonds. The first-order chi connectivity index (χ1) is 16.4. The van der Waals surface area contributed by atoms with Crippen LogP contribution in [0.1, 0.15) is 35.1 Å². The van der Waals surface area contributed by atoms with E-state index in [0.717, 1.165) is 5.56 Å². The van der Waals surface area contributed by atoms with Crippen molar-refractivity contribution in [1.29, 1.82) is 0 Å². The van der Waals surface area contributed by atoms with Gasteiger partial charge in [0, 0.05) is 19.3 Å². The van der Waals surface area contributed by atoms with E-state index in [2.05, 4.69) is 0 Å². The average Bonchev–Trinajstić information content (AvgIpc) is 3.33. The van der Waals surface area contributed by atoms with Crippen molar-refractivity contribution >= 4 is 0 Å². The number of hydrogen-bond acceptors (Lipinski definition) is 10. The van der Waals surface area contributed by atoms with Crippen LogP contribution in [0.3, 0.4) is 0 Å². The molecule has 4 rings (SSSR count). The molecule has 0 saturated carbocycles. The number of hydrogen-bond donors (Lipinski definition) is 5. The molecule has 2 aromatic rings. The van der Waals surface area contributed by atoms with E-state index in [1.54, 1.807) is 18.2 Å². The zero-order valence-corrected chi connectivity index (χ0v) is 19.0. The fourth-order valence-electron chi connectivity index (χ4n) is 4.45. The van der Waals surface area contributed by atoms with Crippen molar-refractivity contribution in [2.75, 3.05) is 27.4 Å². The molecule has 34 heavy (non-hydrogen) atoms. The van der Waals surface area contributed by atoms with Crippen LogP contribution in [0.2, 0.25) is 0 Å². The fraction of sp³-hybridized carbons (Fsp3) is 0.500. The summed E-state index contributed by atoms with van der Waals surface area (Å²) in [5.74, 6) is 0.124. The number of phenols is 2. The molecule has 0 aliphatic carbocycles. The van der Waals surface area contributed by atoms with Crippen molar-refractivity contribution < 1.29 is 49.2 Å². The first-order valence-electron chi connectivity index (χ1n) is 11.0. The predicted molar refractivity (Wildman–Crippen MR) is 118 cm³/mol. The Morgan fingerprint density at radius 1 is 1.03 bits per heavy atom. The van der Waals surface area contributed by atoms with E-state index in [9.17, 15) is 25.5 Å². The smallest absolute Gasteiger partial charge is 0.189 e. The maximum atomic E-state index is 10.7. The zero-order chi connectivity index (χ0) is 24.4. The van der Waals surface area contributed by atoms with Gasteiger partial charge in [-0.15, -0.1) is 0 Å². The van der Waals surface area contributed by atoms with E-state index >= 15 is 0 Å². The van der Waals surface area contributed by atoms with Crippen molar-refractivity contribution in [3.8, 4) is 23.0 Å². The third kappa shape index (κ3) is 4.65. The number of aromatic hydroxyl groups is 2. The van der Waals surface area contributed by atoms with Crippen molar-refractivity contribution in [3.05, 3.63) is 47.0 Å². The lowest BCUT2D eigenvalue weighted by molar-refractivity contribution is -0.210. The highest BCUT2D eigenvalue weighted by Gasteiger charge is 2.46. The lowest BCUT2D eigenvalue weighted by Gasteiger charge is -2.24. The minimum absolute atomic E-state index is 0.0195. The number of methoxy groups -OCH3 is 2. The van der Waals surface area contributed by atoms with Gasteiger partial charge in [-0.3, -0.25) is 0 Å². The van der Waals surface area contributed by atoms with Gasteiger partial charge in [-0.25, -0.2) is 0 Å². The molecule has 0 radical (unpaired) electrons. The summed E-state index contributed by atoms with van der Waals surface area (Å²) in [6.45, 7) is 0.0760. The molecule has 2 heterocycles. The van der Waals surface area contributed by atoms with E-state index in [-0.39, 0.29) is 30.5 Å². The van der Waals surface area contributed by atoms with Crippen LogP contribution in [0, 0.1) is 0 Å². The summed E-state index contributed by atoms with van der Waals surface area (Å²) in [6, 6.07) is 8.37. The maximum absolute atomic E-state index is 10.7. The summed E-state index contributed by atoms with van der Waals surface area (Å²) in [5.41, 5.74) is 2.23. The fourth-order valence-corrected chi connectivity index (χ4v) is 4.45. The van der Waals surface area contributed by atoms with Crippen LogP contribution in [-0.2, 0) is 20.6 Å². The second-order valence-electron chi connectivity index (χ2n) is 8.36. The summed E-state index contributed by atoms with van der Waals surface area (Å²) in [7, 11) is 2.83. The third-order valence-electron chi connectivity index (χ3n) is 6.21. The largest absolute Gasteiger partial charge is 0.504 e. The van der Waals surface area contributed by atoms with Gasteiger partial charge in [0.25, 0.3) is 0 Å². The van der Waals surface area contributed by atoms with Gasteiger partial charge in [-0.1, -0.05) is 12.1 Å². The molecule has 10 nitrogen and oxygen atoms in total. The molecule has 186 valence electrons. The van der Waals surface area contributed by atoms with E-state index in [0.29, 0.717) is 29.7 Å². The molecule has 0 aromatic heterocycles. The lowest BCUT2D eigenvalue weighted by atomic mass is 9.90. The molecule has 6 unspecified atom stereocenters. The normalized spacial score (nSPS) is 28.0. The number of benzene rings is 2. The molecule has 0 bridgehead atoms. The second-order valence-corrected chi connectivity index (χ2v) is 8.36. The van der Waals surface area contributed by atoms with Crippen molar-refractivity contribution in [3.63, 3.8) is 0 Å². The monoisotopic (exact) mass is 478 g/mol. The van der Waals surface area contributed by atoms with Gasteiger partial charge in [-0.2, -0.15) is 0 Å². The van der Waals surface area contributed by atoms with E-state index in [4.69, 9.17) is 23.7 Å². The van der Waals surface area contributed by atoms with Crippen LogP contribution in [0.25, 0.3) is 0 Å². The van der Waals surface area contributed by atoms with Crippen LogP contribution in [0.15, 0.2) is 30.3 Å². The van der Waals surface area contributed by atoms with Crippen LogP contribution >= 0.6 is 0 Å². The number of aliphatic hydroxyl groups is 3. The van der Waals surface area contributed by atoms with Gasteiger partial charge in [0.1, 0.15) is 18.3 Å². The standard InChI is InChI=1S/C24H30O10/c1-30-18-10-13(5-6-16(18)26)20-15(11-32-24-22(31-2)19(28)23(29)34-24)14-8-12(4-3-7-25)9-17(27)21(14)33-20/h5-6,8-10,15,19-20,22-29H,3-4,7,11H2,1-2H3. The van der Waals surface area contributed by atoms with Gasteiger partial charge >= 0.3 is 0 Å². The summed E-state index contributed by atoms with van der Waals surface area (Å²) in [4.78, 5) is 0. The molecule has 6 atom stereocenters. The number of ether oxygens (including phenoxy) is 5. The second kappa shape index (κ2) is 10.3. The van der Waals surface area contributed by atoms with Gasteiger partial charge in [0.05, 0.1) is 19.6 Å². The Labute approximate surface area is 196 Å². The molecule has 1 fully saturated rings. The highest BCUT2D eigenvalue weighted by molar-refractivity contribution is 5.55. The third-order valence-corrected chi connectivity index (χ3v) is 6.21. The highest BCUT2D eigenvalue weighted by Crippen LogP contribution is 2.51. The van der Waals surface area contributed by atoms with Gasteiger partial charge in [0.15, 0.2) is 35.6 Å². The highest BCUT2D eigenvalue weighted by atomic mass is 16.8. The van der Waals surface area contributed by atoms with Crippen LogP contribution < -0.4 is 9.47 Å². The van der Waals surface area contributed by atoms with Crippen molar-refractivity contribution in [2.24, 2.45) is 0 Å². The van der Waals surface area contributed by atoms with E-state index in [1.807, 2.05) is 6.07 Å². The van der Waals surface area contributed by atoms with E-state index < -0.39 is 36.8 Å². The summed E-state index contributed by atoms with van der Waals surface area (Å²) < 4.78 is 27.9. The lowest BCUT2D eigenvalue weighted by Crippen LogP contribution is -2.36.